The number of anilines is 1. The van der Waals surface area contributed by atoms with Gasteiger partial charge in [-0.3, -0.25) is 4.79 Å². The average Bonchev–Trinajstić information content (AvgIpc) is 3.19. The van der Waals surface area contributed by atoms with E-state index in [1.807, 2.05) is 4.90 Å². The summed E-state index contributed by atoms with van der Waals surface area (Å²) in [4.78, 5) is 19.5. The third-order valence-electron chi connectivity index (χ3n) is 6.40. The number of amides is 1. The highest BCUT2D eigenvalue weighted by Gasteiger charge is 2.36. The normalized spacial score (nSPS) is 20.7. The second-order valence-electron chi connectivity index (χ2n) is 9.01. The van der Waals surface area contributed by atoms with Crippen molar-refractivity contribution in [3.63, 3.8) is 0 Å². The molecule has 33 heavy (non-hydrogen) atoms. The topological polar surface area (TPSA) is 54.5 Å². The fourth-order valence-corrected chi connectivity index (χ4v) is 4.68. The van der Waals surface area contributed by atoms with Gasteiger partial charge in [-0.25, -0.2) is 22.5 Å². The molecule has 4 rings (SSSR count). The molecule has 2 heterocycles. The number of rotatable bonds is 5. The number of nitrogens with one attached hydrogen (secondary N) is 1. The zero-order valence-electron chi connectivity index (χ0n) is 18.6. The van der Waals surface area contributed by atoms with Crippen molar-refractivity contribution in [1.29, 1.82) is 0 Å². The minimum atomic E-state index is -2.70. The van der Waals surface area contributed by atoms with Crippen LogP contribution >= 0.6 is 0 Å². The van der Waals surface area contributed by atoms with Crippen LogP contribution in [0.4, 0.5) is 23.2 Å². The van der Waals surface area contributed by atoms with Gasteiger partial charge in [-0.1, -0.05) is 6.92 Å². The molecule has 0 bridgehead atoms. The summed E-state index contributed by atoms with van der Waals surface area (Å²) >= 11 is 0. The van der Waals surface area contributed by atoms with Crippen molar-refractivity contribution in [1.82, 2.24) is 10.3 Å². The summed E-state index contributed by atoms with van der Waals surface area (Å²) in [6.07, 6.45) is 2.08. The Labute approximate surface area is 190 Å². The number of hydrogen-bond acceptors (Lipinski definition) is 4. The van der Waals surface area contributed by atoms with Gasteiger partial charge >= 0.3 is 0 Å². The number of ether oxygens (including phenoxy) is 1. The Morgan fingerprint density at radius 1 is 1.15 bits per heavy atom. The first-order chi connectivity index (χ1) is 15.7. The molecule has 1 saturated heterocycles. The van der Waals surface area contributed by atoms with Crippen LogP contribution in [0.2, 0.25) is 0 Å². The zero-order chi connectivity index (χ0) is 23.8. The standard InChI is InChI=1S/C24H27F4N3O2/c1-14-5-8-31(13-14)21-19(22(32)30-18-3-6-24(27,28)7-4-18)12-29-23(33-2)20(21)15-9-16(25)11-17(26)10-15/h9-12,14,18H,3-8,13H2,1-2H3,(H,30,32). The van der Waals surface area contributed by atoms with Gasteiger partial charge in [0.15, 0.2) is 0 Å². The summed E-state index contributed by atoms with van der Waals surface area (Å²) in [7, 11) is 1.40. The predicted molar refractivity (Wildman–Crippen MR) is 117 cm³/mol. The number of benzene rings is 1. The molecule has 2 fully saturated rings. The van der Waals surface area contributed by atoms with E-state index < -0.39 is 23.5 Å². The Bertz CT molecular complexity index is 1020. The molecule has 1 aromatic heterocycles. The van der Waals surface area contributed by atoms with Crippen molar-refractivity contribution in [2.45, 2.75) is 51.0 Å². The Morgan fingerprint density at radius 3 is 2.39 bits per heavy atom. The quantitative estimate of drug-likeness (QED) is 0.618. The minimum Gasteiger partial charge on any atom is -0.480 e. The Balaban J connectivity index is 1.77. The van der Waals surface area contributed by atoms with Crippen molar-refractivity contribution in [2.24, 2.45) is 5.92 Å². The Kier molecular flexibility index (Phi) is 6.50. The highest BCUT2D eigenvalue weighted by Crippen LogP contribution is 2.42. The molecule has 1 amide bonds. The van der Waals surface area contributed by atoms with Gasteiger partial charge < -0.3 is 15.0 Å². The van der Waals surface area contributed by atoms with Crippen molar-refractivity contribution in [3.05, 3.63) is 41.6 Å². The Hall–Kier alpha value is -2.84. The number of methoxy groups -OCH3 is 1. The smallest absolute Gasteiger partial charge is 0.255 e. The number of hydrogen-bond donors (Lipinski definition) is 1. The lowest BCUT2D eigenvalue weighted by Gasteiger charge is -2.30. The summed E-state index contributed by atoms with van der Waals surface area (Å²) in [6, 6.07) is 2.75. The first-order valence-electron chi connectivity index (χ1n) is 11.1. The van der Waals surface area contributed by atoms with Crippen molar-refractivity contribution >= 4 is 11.6 Å². The maximum atomic E-state index is 14.1. The summed E-state index contributed by atoms with van der Waals surface area (Å²) in [5, 5.41) is 2.86. The highest BCUT2D eigenvalue weighted by atomic mass is 19.3. The number of nitrogens with zero attached hydrogens (tertiary/aromatic N) is 2. The molecule has 0 spiro atoms. The molecule has 2 aromatic rings. The van der Waals surface area contributed by atoms with Crippen LogP contribution in [0.25, 0.3) is 11.1 Å². The Morgan fingerprint density at radius 2 is 1.82 bits per heavy atom. The third kappa shape index (κ3) is 5.07. The van der Waals surface area contributed by atoms with Crippen LogP contribution in [-0.2, 0) is 0 Å². The van der Waals surface area contributed by atoms with E-state index in [0.29, 0.717) is 30.3 Å². The number of carbonyl (C=O) groups is 1. The van der Waals surface area contributed by atoms with Crippen LogP contribution in [0.5, 0.6) is 5.88 Å². The molecule has 1 atom stereocenters. The van der Waals surface area contributed by atoms with Gasteiger partial charge in [-0.15, -0.1) is 0 Å². The summed E-state index contributed by atoms with van der Waals surface area (Å²) < 4.78 is 60.7. The van der Waals surface area contributed by atoms with Gasteiger partial charge in [0.05, 0.1) is 23.9 Å². The minimum absolute atomic E-state index is 0.142. The van der Waals surface area contributed by atoms with E-state index in [2.05, 4.69) is 17.2 Å². The fourth-order valence-electron chi connectivity index (χ4n) is 4.68. The van der Waals surface area contributed by atoms with Gasteiger partial charge in [0.2, 0.25) is 11.8 Å². The molecule has 1 saturated carbocycles. The predicted octanol–water partition coefficient (Wildman–Crippen LogP) is 5.19. The second kappa shape index (κ2) is 9.19. The molecule has 9 heteroatoms. The van der Waals surface area contributed by atoms with Crippen LogP contribution in [0.1, 0.15) is 49.4 Å². The van der Waals surface area contributed by atoms with Crippen LogP contribution < -0.4 is 15.0 Å². The molecular formula is C24H27F4N3O2. The number of pyridine rings is 1. The summed E-state index contributed by atoms with van der Waals surface area (Å²) in [6.45, 7) is 3.38. The van der Waals surface area contributed by atoms with Crippen molar-refractivity contribution < 1.29 is 27.1 Å². The number of carbonyl (C=O) groups excluding carboxylic acids is 1. The van der Waals surface area contributed by atoms with E-state index in [1.165, 1.54) is 25.4 Å². The molecule has 2 aliphatic rings. The maximum Gasteiger partial charge on any atom is 0.255 e. The lowest BCUT2D eigenvalue weighted by atomic mass is 9.92. The molecule has 178 valence electrons. The number of alkyl halides is 2. The second-order valence-corrected chi connectivity index (χ2v) is 9.01. The molecule has 5 nitrogen and oxygen atoms in total. The first-order valence-corrected chi connectivity index (χ1v) is 11.1. The van der Waals surface area contributed by atoms with Crippen molar-refractivity contribution in [3.8, 4) is 17.0 Å². The van der Waals surface area contributed by atoms with E-state index in [9.17, 15) is 22.4 Å². The van der Waals surface area contributed by atoms with E-state index in [-0.39, 0.29) is 48.7 Å². The van der Waals surface area contributed by atoms with Gasteiger partial charge in [0.25, 0.3) is 5.91 Å². The molecule has 1 aliphatic heterocycles. The summed E-state index contributed by atoms with van der Waals surface area (Å²) in [5.74, 6) is -4.17. The van der Waals surface area contributed by atoms with Crippen LogP contribution in [-0.4, -0.2) is 43.1 Å². The van der Waals surface area contributed by atoms with E-state index >= 15 is 0 Å². The van der Waals surface area contributed by atoms with E-state index in [1.54, 1.807) is 0 Å². The highest BCUT2D eigenvalue weighted by molar-refractivity contribution is 6.04. The molecule has 1 N–H and O–H groups in total. The van der Waals surface area contributed by atoms with Crippen LogP contribution in [0.15, 0.2) is 24.4 Å². The lowest BCUT2D eigenvalue weighted by molar-refractivity contribution is -0.0399. The SMILES string of the molecule is COc1ncc(C(=O)NC2CCC(F)(F)CC2)c(N2CCC(C)C2)c1-c1cc(F)cc(F)c1. The van der Waals surface area contributed by atoms with Gasteiger partial charge in [-0.2, -0.15) is 0 Å². The summed E-state index contributed by atoms with van der Waals surface area (Å²) in [5.41, 5.74) is 1.24. The molecule has 1 aliphatic carbocycles. The first kappa shape index (κ1) is 23.3. The fraction of sp³-hybridized carbons (Fsp3) is 0.500. The van der Waals surface area contributed by atoms with E-state index in [4.69, 9.17) is 4.74 Å². The van der Waals surface area contributed by atoms with Crippen LogP contribution in [0.3, 0.4) is 0 Å². The van der Waals surface area contributed by atoms with Gasteiger partial charge in [0, 0.05) is 44.2 Å². The average molecular weight is 465 g/mol. The van der Waals surface area contributed by atoms with E-state index in [0.717, 1.165) is 12.5 Å². The van der Waals surface area contributed by atoms with Gasteiger partial charge in [0.1, 0.15) is 11.6 Å². The maximum absolute atomic E-state index is 14.1. The lowest BCUT2D eigenvalue weighted by Crippen LogP contribution is -2.41. The zero-order valence-corrected chi connectivity index (χ0v) is 18.6. The number of halogens is 4. The number of aromatic nitrogens is 1. The molecular weight excluding hydrogens is 438 g/mol. The third-order valence-corrected chi connectivity index (χ3v) is 6.40. The van der Waals surface area contributed by atoms with Crippen LogP contribution in [0, 0.1) is 17.6 Å². The molecule has 1 unspecified atom stereocenters. The monoisotopic (exact) mass is 465 g/mol. The van der Waals surface area contributed by atoms with Crippen molar-refractivity contribution in [2.75, 3.05) is 25.1 Å². The molecule has 1 aromatic carbocycles. The largest absolute Gasteiger partial charge is 0.480 e. The molecule has 0 radical (unpaired) electrons. The van der Waals surface area contributed by atoms with Gasteiger partial charge in [-0.05, 0) is 42.9 Å².